The first-order valence-corrected chi connectivity index (χ1v) is 7.91. The van der Waals surface area contributed by atoms with Crippen LogP contribution in [0.1, 0.15) is 6.42 Å². The fourth-order valence-corrected chi connectivity index (χ4v) is 3.11. The lowest BCUT2D eigenvalue weighted by molar-refractivity contribution is 0.164. The van der Waals surface area contributed by atoms with Crippen LogP contribution in [-0.2, 0) is 19.5 Å². The van der Waals surface area contributed by atoms with E-state index in [-0.39, 0.29) is 11.4 Å². The number of pyridine rings is 1. The first-order valence-electron chi connectivity index (χ1n) is 6.47. The van der Waals surface area contributed by atoms with Crippen LogP contribution >= 0.6 is 0 Å². The monoisotopic (exact) mass is 318 g/mol. The zero-order chi connectivity index (χ0) is 15.7. The van der Waals surface area contributed by atoms with Gasteiger partial charge >= 0.3 is 0 Å². The number of nitrogens with one attached hydrogen (secondary N) is 1. The van der Waals surface area contributed by atoms with Crippen molar-refractivity contribution >= 4 is 15.8 Å². The largest absolute Gasteiger partial charge is 0.385 e. The van der Waals surface area contributed by atoms with E-state index >= 15 is 0 Å². The number of methoxy groups -OCH3 is 2. The quantitative estimate of drug-likeness (QED) is 0.356. The molecule has 21 heavy (non-hydrogen) atoms. The maximum absolute atomic E-state index is 12.6. The predicted octanol–water partition coefficient (Wildman–Crippen LogP) is 0.0408. The average molecular weight is 318 g/mol. The Morgan fingerprint density at radius 3 is 2.48 bits per heavy atom. The van der Waals surface area contributed by atoms with Crippen molar-refractivity contribution in [2.24, 2.45) is 5.84 Å². The zero-order valence-electron chi connectivity index (χ0n) is 12.3. The molecule has 0 aliphatic heterocycles. The Morgan fingerprint density at radius 1 is 1.24 bits per heavy atom. The zero-order valence-corrected chi connectivity index (χ0v) is 13.1. The van der Waals surface area contributed by atoms with Gasteiger partial charge in [-0.05, 0) is 18.6 Å². The molecule has 1 aromatic rings. The number of hydrogen-bond donors (Lipinski definition) is 2. The van der Waals surface area contributed by atoms with Crippen molar-refractivity contribution in [3.63, 3.8) is 0 Å². The van der Waals surface area contributed by atoms with Crippen LogP contribution in [0.2, 0.25) is 0 Å². The molecule has 0 aliphatic carbocycles. The van der Waals surface area contributed by atoms with Gasteiger partial charge in [0, 0.05) is 40.1 Å². The lowest BCUT2D eigenvalue weighted by Crippen LogP contribution is -2.35. The highest BCUT2D eigenvalue weighted by Crippen LogP contribution is 2.16. The van der Waals surface area contributed by atoms with Gasteiger partial charge in [-0.3, -0.25) is 0 Å². The van der Waals surface area contributed by atoms with Gasteiger partial charge in [-0.1, -0.05) is 0 Å². The number of nitrogens with two attached hydrogens (primary N) is 1. The number of nitrogens with zero attached hydrogens (tertiary/aromatic N) is 2. The minimum absolute atomic E-state index is 0.120. The molecule has 0 fully saturated rings. The van der Waals surface area contributed by atoms with Crippen molar-refractivity contribution in [3.8, 4) is 0 Å². The van der Waals surface area contributed by atoms with Crippen molar-refractivity contribution in [1.29, 1.82) is 0 Å². The Morgan fingerprint density at radius 2 is 1.95 bits per heavy atom. The Bertz CT molecular complexity index is 506. The van der Waals surface area contributed by atoms with Gasteiger partial charge in [-0.25, -0.2) is 19.2 Å². The minimum Gasteiger partial charge on any atom is -0.385 e. The fourth-order valence-electron chi connectivity index (χ4n) is 1.70. The molecule has 0 amide bonds. The van der Waals surface area contributed by atoms with Crippen LogP contribution in [0.5, 0.6) is 0 Å². The van der Waals surface area contributed by atoms with E-state index in [1.807, 2.05) is 0 Å². The third kappa shape index (κ3) is 5.21. The molecule has 8 nitrogen and oxygen atoms in total. The maximum atomic E-state index is 12.6. The smallest absolute Gasteiger partial charge is 0.244 e. The molecule has 0 aromatic carbocycles. The van der Waals surface area contributed by atoms with Crippen molar-refractivity contribution < 1.29 is 17.9 Å². The summed E-state index contributed by atoms with van der Waals surface area (Å²) in [6, 6.07) is 2.98. The molecule has 0 saturated carbocycles. The molecule has 0 spiro atoms. The van der Waals surface area contributed by atoms with E-state index in [0.717, 1.165) is 0 Å². The third-order valence-electron chi connectivity index (χ3n) is 2.82. The summed E-state index contributed by atoms with van der Waals surface area (Å²) in [6.45, 7) is 1.45. The molecule has 9 heteroatoms. The first-order chi connectivity index (χ1) is 10.1. The summed E-state index contributed by atoms with van der Waals surface area (Å²) in [5.74, 6) is 5.61. The molecule has 0 unspecified atom stereocenters. The third-order valence-corrected chi connectivity index (χ3v) is 4.70. The molecule has 3 N–H and O–H groups in total. The summed E-state index contributed by atoms with van der Waals surface area (Å²) in [7, 11) is -0.501. The number of hydrazine groups is 1. The van der Waals surface area contributed by atoms with Gasteiger partial charge < -0.3 is 14.9 Å². The van der Waals surface area contributed by atoms with E-state index in [4.69, 9.17) is 15.3 Å². The predicted molar refractivity (Wildman–Crippen MR) is 79.2 cm³/mol. The van der Waals surface area contributed by atoms with Gasteiger partial charge in [-0.2, -0.15) is 4.31 Å². The molecular weight excluding hydrogens is 296 g/mol. The number of nitrogen functional groups attached to an aromatic ring is 1. The minimum atomic E-state index is -3.61. The number of hydrogen-bond acceptors (Lipinski definition) is 7. The van der Waals surface area contributed by atoms with Crippen LogP contribution in [-0.4, -0.2) is 58.2 Å². The van der Waals surface area contributed by atoms with E-state index in [9.17, 15) is 8.42 Å². The van der Waals surface area contributed by atoms with Gasteiger partial charge in [0.2, 0.25) is 10.0 Å². The average Bonchev–Trinajstić information content (AvgIpc) is 2.50. The van der Waals surface area contributed by atoms with Gasteiger partial charge in [0.05, 0.1) is 6.61 Å². The van der Waals surface area contributed by atoms with E-state index in [2.05, 4.69) is 10.4 Å². The second-order valence-electron chi connectivity index (χ2n) is 4.27. The first kappa shape index (κ1) is 17.8. The molecule has 0 aliphatic rings. The molecule has 1 heterocycles. The highest BCUT2D eigenvalue weighted by molar-refractivity contribution is 7.89. The van der Waals surface area contributed by atoms with Crippen molar-refractivity contribution in [3.05, 3.63) is 18.3 Å². The fraction of sp³-hybridized carbons (Fsp3) is 0.583. The molecule has 0 atom stereocenters. The second kappa shape index (κ2) is 8.90. The normalized spacial score (nSPS) is 11.8. The van der Waals surface area contributed by atoms with Crippen molar-refractivity contribution in [2.75, 3.05) is 45.9 Å². The Labute approximate surface area is 125 Å². The summed E-state index contributed by atoms with van der Waals surface area (Å²) in [5, 5.41) is 0. The summed E-state index contributed by atoms with van der Waals surface area (Å²) < 4.78 is 36.4. The summed E-state index contributed by atoms with van der Waals surface area (Å²) in [4.78, 5) is 4.05. The Kier molecular flexibility index (Phi) is 7.54. The summed E-state index contributed by atoms with van der Waals surface area (Å²) in [5.41, 5.74) is 2.35. The molecule has 0 saturated heterocycles. The second-order valence-corrected chi connectivity index (χ2v) is 6.20. The molecular formula is C12H22N4O4S. The lowest BCUT2D eigenvalue weighted by atomic mass is 10.4. The van der Waals surface area contributed by atoms with E-state index in [0.29, 0.717) is 32.0 Å². The topological polar surface area (TPSA) is 107 Å². The van der Waals surface area contributed by atoms with Crippen molar-refractivity contribution in [1.82, 2.24) is 9.29 Å². The number of sulfonamides is 1. The molecule has 1 aromatic heterocycles. The Hall–Kier alpha value is -1.26. The van der Waals surface area contributed by atoms with Crippen LogP contribution in [0.3, 0.4) is 0 Å². The lowest BCUT2D eigenvalue weighted by Gasteiger charge is -2.21. The Balaban J connectivity index is 2.89. The van der Waals surface area contributed by atoms with Gasteiger partial charge in [-0.15, -0.1) is 0 Å². The van der Waals surface area contributed by atoms with Gasteiger partial charge in [0.25, 0.3) is 0 Å². The number of anilines is 1. The van der Waals surface area contributed by atoms with Crippen LogP contribution in [0, 0.1) is 0 Å². The van der Waals surface area contributed by atoms with Crippen LogP contribution < -0.4 is 11.3 Å². The molecule has 0 bridgehead atoms. The van der Waals surface area contributed by atoms with E-state index < -0.39 is 10.0 Å². The highest BCUT2D eigenvalue weighted by Gasteiger charge is 2.24. The van der Waals surface area contributed by atoms with E-state index in [1.54, 1.807) is 7.11 Å². The highest BCUT2D eigenvalue weighted by atomic mass is 32.2. The number of ether oxygens (including phenoxy) is 2. The van der Waals surface area contributed by atoms with Crippen LogP contribution in [0.15, 0.2) is 23.2 Å². The van der Waals surface area contributed by atoms with E-state index in [1.165, 1.54) is 29.7 Å². The molecule has 1 rings (SSSR count). The molecule has 0 radical (unpaired) electrons. The van der Waals surface area contributed by atoms with Crippen LogP contribution in [0.4, 0.5) is 5.82 Å². The number of rotatable bonds is 10. The molecule has 120 valence electrons. The van der Waals surface area contributed by atoms with Crippen molar-refractivity contribution in [2.45, 2.75) is 11.3 Å². The SMILES string of the molecule is COCCCN(CCOC)S(=O)(=O)c1ccc(NN)nc1. The maximum Gasteiger partial charge on any atom is 0.244 e. The number of aromatic nitrogens is 1. The van der Waals surface area contributed by atoms with Crippen LogP contribution in [0.25, 0.3) is 0 Å². The van der Waals surface area contributed by atoms with Gasteiger partial charge in [0.1, 0.15) is 10.7 Å². The summed E-state index contributed by atoms with van der Waals surface area (Å²) >= 11 is 0. The summed E-state index contributed by atoms with van der Waals surface area (Å²) in [6.07, 6.45) is 1.88. The van der Waals surface area contributed by atoms with Gasteiger partial charge in [0.15, 0.2) is 0 Å². The standard InChI is InChI=1S/C12H22N4O4S/c1-19-8-3-6-16(7-9-20-2)21(17,18)11-4-5-12(15-13)14-10-11/h4-5,10H,3,6-9,13H2,1-2H3,(H,14,15).